The molecule has 1 heterocycles. The molecule has 0 radical (unpaired) electrons. The second-order valence-corrected chi connectivity index (χ2v) is 9.11. The average molecular weight is 397 g/mol. The lowest BCUT2D eigenvalue weighted by molar-refractivity contribution is -0.120. The quantitative estimate of drug-likeness (QED) is 0.697. The minimum absolute atomic E-state index is 0.0862. The molecule has 0 bridgehead atoms. The first-order valence-electron chi connectivity index (χ1n) is 8.27. The van der Waals surface area contributed by atoms with Gasteiger partial charge < -0.3 is 11.1 Å². The molecule has 2 aromatic rings. The van der Waals surface area contributed by atoms with Crippen LogP contribution in [0.15, 0.2) is 39.9 Å². The number of amides is 1. The first-order chi connectivity index (χ1) is 12.4. The van der Waals surface area contributed by atoms with Crippen LogP contribution in [0.1, 0.15) is 19.3 Å². The summed E-state index contributed by atoms with van der Waals surface area (Å²) in [6.45, 7) is 0.452. The SMILES string of the molecule is NC[C@H]1CCC[C@H]1C(=O)Nc1ccc(F)c(NS(=O)(=O)c2cccs2)c1. The minimum atomic E-state index is -3.87. The molecule has 3 rings (SSSR count). The Kier molecular flexibility index (Phi) is 5.59. The Morgan fingerprint density at radius 1 is 1.31 bits per heavy atom. The third-order valence-electron chi connectivity index (χ3n) is 4.54. The summed E-state index contributed by atoms with van der Waals surface area (Å²) in [4.78, 5) is 12.5. The molecular weight excluding hydrogens is 377 g/mol. The van der Waals surface area contributed by atoms with Crippen molar-refractivity contribution in [2.75, 3.05) is 16.6 Å². The third-order valence-corrected chi connectivity index (χ3v) is 7.30. The number of anilines is 2. The van der Waals surface area contributed by atoms with E-state index in [9.17, 15) is 17.6 Å². The van der Waals surface area contributed by atoms with Gasteiger partial charge in [0.25, 0.3) is 10.0 Å². The Morgan fingerprint density at radius 3 is 2.81 bits per heavy atom. The van der Waals surface area contributed by atoms with Crippen molar-refractivity contribution in [3.8, 4) is 0 Å². The highest BCUT2D eigenvalue weighted by Gasteiger charge is 2.32. The van der Waals surface area contributed by atoms with E-state index in [2.05, 4.69) is 10.0 Å². The molecule has 0 saturated heterocycles. The fourth-order valence-corrected chi connectivity index (χ4v) is 5.24. The number of carbonyl (C=O) groups excluding carboxylic acids is 1. The zero-order chi connectivity index (χ0) is 18.7. The van der Waals surface area contributed by atoms with Gasteiger partial charge in [-0.2, -0.15) is 0 Å². The number of hydrogen-bond donors (Lipinski definition) is 3. The lowest BCUT2D eigenvalue weighted by Crippen LogP contribution is -2.29. The molecule has 1 aromatic heterocycles. The van der Waals surface area contributed by atoms with E-state index in [1.807, 2.05) is 0 Å². The monoisotopic (exact) mass is 397 g/mol. The first kappa shape index (κ1) is 18.8. The number of sulfonamides is 1. The molecule has 9 heteroatoms. The summed E-state index contributed by atoms with van der Waals surface area (Å²) in [6, 6.07) is 6.84. The highest BCUT2D eigenvalue weighted by molar-refractivity contribution is 7.94. The number of halogens is 1. The Hall–Kier alpha value is -1.97. The van der Waals surface area contributed by atoms with Gasteiger partial charge in [-0.15, -0.1) is 11.3 Å². The standard InChI is InChI=1S/C17H20FN3O3S2/c18-14-7-6-12(20-17(22)13-4-1-3-11(13)10-19)9-15(14)21-26(23,24)16-5-2-8-25-16/h2,5-9,11,13,21H,1,3-4,10,19H2,(H,20,22)/t11-,13-/m1/s1. The van der Waals surface area contributed by atoms with Gasteiger partial charge in [-0.3, -0.25) is 9.52 Å². The molecule has 0 unspecified atom stereocenters. The number of nitrogens with one attached hydrogen (secondary N) is 2. The van der Waals surface area contributed by atoms with Crippen LogP contribution in [-0.2, 0) is 14.8 Å². The zero-order valence-electron chi connectivity index (χ0n) is 13.9. The van der Waals surface area contributed by atoms with Gasteiger partial charge in [0.15, 0.2) is 0 Å². The van der Waals surface area contributed by atoms with Crippen LogP contribution in [0, 0.1) is 17.7 Å². The summed E-state index contributed by atoms with van der Waals surface area (Å²) in [5, 5.41) is 4.36. The number of carbonyl (C=O) groups is 1. The van der Waals surface area contributed by atoms with E-state index in [4.69, 9.17) is 5.73 Å². The maximum absolute atomic E-state index is 14.0. The molecule has 1 amide bonds. The summed E-state index contributed by atoms with van der Waals surface area (Å²) in [5.41, 5.74) is 5.84. The number of benzene rings is 1. The van der Waals surface area contributed by atoms with Gasteiger partial charge in [0, 0.05) is 11.6 Å². The van der Waals surface area contributed by atoms with Crippen LogP contribution >= 0.6 is 11.3 Å². The summed E-state index contributed by atoms with van der Waals surface area (Å²) in [6.07, 6.45) is 2.64. The minimum Gasteiger partial charge on any atom is -0.330 e. The van der Waals surface area contributed by atoms with E-state index >= 15 is 0 Å². The molecule has 6 nitrogen and oxygen atoms in total. The maximum atomic E-state index is 14.0. The van der Waals surface area contributed by atoms with Crippen molar-refractivity contribution < 1.29 is 17.6 Å². The van der Waals surface area contributed by atoms with Gasteiger partial charge in [0.05, 0.1) is 5.69 Å². The van der Waals surface area contributed by atoms with Gasteiger partial charge >= 0.3 is 0 Å². The highest BCUT2D eigenvalue weighted by Crippen LogP contribution is 2.32. The normalized spacial score (nSPS) is 20.1. The van der Waals surface area contributed by atoms with E-state index in [1.165, 1.54) is 18.2 Å². The molecule has 2 atom stereocenters. The predicted octanol–water partition coefficient (Wildman–Crippen LogP) is 3.00. The predicted molar refractivity (Wildman–Crippen MR) is 100 cm³/mol. The third kappa shape index (κ3) is 4.05. The Bertz CT molecular complexity index is 885. The van der Waals surface area contributed by atoms with E-state index < -0.39 is 15.8 Å². The van der Waals surface area contributed by atoms with Crippen LogP contribution in [0.5, 0.6) is 0 Å². The van der Waals surface area contributed by atoms with Crippen molar-refractivity contribution >= 4 is 38.6 Å². The van der Waals surface area contributed by atoms with Crippen LogP contribution in [0.4, 0.5) is 15.8 Å². The molecule has 1 aliphatic carbocycles. The van der Waals surface area contributed by atoms with E-state index in [0.29, 0.717) is 12.2 Å². The largest absolute Gasteiger partial charge is 0.330 e. The molecule has 26 heavy (non-hydrogen) atoms. The van der Waals surface area contributed by atoms with Crippen LogP contribution in [0.2, 0.25) is 0 Å². The van der Waals surface area contributed by atoms with Crippen molar-refractivity contribution in [1.82, 2.24) is 0 Å². The summed E-state index contributed by atoms with van der Waals surface area (Å²) >= 11 is 1.03. The van der Waals surface area contributed by atoms with Gasteiger partial charge in [0.2, 0.25) is 5.91 Å². The smallest absolute Gasteiger partial charge is 0.271 e. The lowest BCUT2D eigenvalue weighted by atomic mass is 9.95. The molecule has 4 N–H and O–H groups in total. The van der Waals surface area contributed by atoms with Crippen LogP contribution in [0.3, 0.4) is 0 Å². The van der Waals surface area contributed by atoms with Crippen molar-refractivity contribution in [2.45, 2.75) is 23.5 Å². The van der Waals surface area contributed by atoms with E-state index in [0.717, 1.165) is 36.7 Å². The molecule has 1 aliphatic rings. The Balaban J connectivity index is 1.76. The Morgan fingerprint density at radius 2 is 2.12 bits per heavy atom. The fraction of sp³-hybridized carbons (Fsp3) is 0.353. The number of hydrogen-bond acceptors (Lipinski definition) is 5. The second-order valence-electron chi connectivity index (χ2n) is 6.25. The van der Waals surface area contributed by atoms with E-state index in [1.54, 1.807) is 11.4 Å². The van der Waals surface area contributed by atoms with Gasteiger partial charge in [-0.1, -0.05) is 12.5 Å². The molecule has 1 aromatic carbocycles. The van der Waals surface area contributed by atoms with E-state index in [-0.39, 0.29) is 27.6 Å². The molecular formula is C17H20FN3O3S2. The molecule has 1 saturated carbocycles. The van der Waals surface area contributed by atoms with Crippen LogP contribution < -0.4 is 15.8 Å². The summed E-state index contributed by atoms with van der Waals surface area (Å²) in [5.74, 6) is -0.913. The topological polar surface area (TPSA) is 101 Å². The highest BCUT2D eigenvalue weighted by atomic mass is 32.2. The Labute approximate surface area is 155 Å². The number of rotatable bonds is 6. The second kappa shape index (κ2) is 7.73. The average Bonchev–Trinajstić information content (AvgIpc) is 3.29. The number of thiophene rings is 1. The zero-order valence-corrected chi connectivity index (χ0v) is 15.6. The number of nitrogens with two attached hydrogens (primary N) is 1. The van der Waals surface area contributed by atoms with Gasteiger partial charge in [0.1, 0.15) is 10.0 Å². The molecule has 140 valence electrons. The van der Waals surface area contributed by atoms with Crippen molar-refractivity contribution in [1.29, 1.82) is 0 Å². The molecule has 1 fully saturated rings. The lowest BCUT2D eigenvalue weighted by Gasteiger charge is -2.18. The maximum Gasteiger partial charge on any atom is 0.271 e. The molecule has 0 aliphatic heterocycles. The van der Waals surface area contributed by atoms with Crippen LogP contribution in [0.25, 0.3) is 0 Å². The first-order valence-corrected chi connectivity index (χ1v) is 10.6. The van der Waals surface area contributed by atoms with Crippen molar-refractivity contribution in [3.63, 3.8) is 0 Å². The van der Waals surface area contributed by atoms with Crippen LogP contribution in [-0.4, -0.2) is 20.9 Å². The van der Waals surface area contributed by atoms with Crippen molar-refractivity contribution in [2.24, 2.45) is 17.6 Å². The van der Waals surface area contributed by atoms with Gasteiger partial charge in [-0.05, 0) is 54.9 Å². The fourth-order valence-electron chi connectivity index (χ4n) is 3.19. The summed E-state index contributed by atoms with van der Waals surface area (Å²) < 4.78 is 40.9. The van der Waals surface area contributed by atoms with Crippen molar-refractivity contribution in [3.05, 3.63) is 41.5 Å². The molecule has 0 spiro atoms. The van der Waals surface area contributed by atoms with Gasteiger partial charge in [-0.25, -0.2) is 12.8 Å². The summed E-state index contributed by atoms with van der Waals surface area (Å²) in [7, 11) is -3.87.